The van der Waals surface area contributed by atoms with Gasteiger partial charge in [-0.05, 0) is 45.0 Å². The zero-order chi connectivity index (χ0) is 10.7. The number of nitrogens with zero attached hydrogens (tertiary/aromatic N) is 1. The van der Waals surface area contributed by atoms with Gasteiger partial charge in [-0.15, -0.1) is 11.3 Å². The van der Waals surface area contributed by atoms with E-state index in [2.05, 4.69) is 29.4 Å². The molecule has 0 aliphatic heterocycles. The van der Waals surface area contributed by atoms with E-state index in [9.17, 15) is 0 Å². The summed E-state index contributed by atoms with van der Waals surface area (Å²) in [6.45, 7) is 3.39. The first-order valence-electron chi connectivity index (χ1n) is 5.68. The maximum Gasteiger partial charge on any atom is 0.0325 e. The summed E-state index contributed by atoms with van der Waals surface area (Å²) in [4.78, 5) is 5.38. The first-order valence-corrected chi connectivity index (χ1v) is 6.50. The number of nitrogens with one attached hydrogen (secondary N) is 1. The predicted octanol–water partition coefficient (Wildman–Crippen LogP) is 2.31. The first kappa shape index (κ1) is 11.1. The Hall–Kier alpha value is -0.380. The summed E-state index contributed by atoms with van der Waals surface area (Å²) in [7, 11) is 4.23. The minimum absolute atomic E-state index is 0.992. The van der Waals surface area contributed by atoms with Crippen molar-refractivity contribution in [3.05, 3.63) is 21.9 Å². The van der Waals surface area contributed by atoms with Gasteiger partial charge in [0.1, 0.15) is 0 Å². The van der Waals surface area contributed by atoms with Crippen molar-refractivity contribution in [3.8, 4) is 0 Å². The average Bonchev–Trinajstić information content (AvgIpc) is 2.88. The highest BCUT2D eigenvalue weighted by atomic mass is 32.1. The van der Waals surface area contributed by atoms with Gasteiger partial charge in [-0.2, -0.15) is 0 Å². The molecule has 1 aliphatic carbocycles. The van der Waals surface area contributed by atoms with Crippen molar-refractivity contribution in [1.82, 2.24) is 10.2 Å². The fourth-order valence-corrected chi connectivity index (χ4v) is 2.96. The van der Waals surface area contributed by atoms with Gasteiger partial charge >= 0.3 is 0 Å². The number of rotatable bonds is 6. The van der Waals surface area contributed by atoms with Gasteiger partial charge in [0.05, 0.1) is 0 Å². The molecule has 0 radical (unpaired) electrons. The molecular weight excluding hydrogens is 204 g/mol. The summed E-state index contributed by atoms with van der Waals surface area (Å²) >= 11 is 1.93. The Morgan fingerprint density at radius 1 is 1.40 bits per heavy atom. The van der Waals surface area contributed by atoms with Crippen molar-refractivity contribution in [1.29, 1.82) is 0 Å². The third-order valence-electron chi connectivity index (χ3n) is 2.76. The Morgan fingerprint density at radius 3 is 2.80 bits per heavy atom. The van der Waals surface area contributed by atoms with Crippen LogP contribution in [0.4, 0.5) is 0 Å². The molecule has 0 aromatic carbocycles. The monoisotopic (exact) mass is 224 g/mol. The van der Waals surface area contributed by atoms with E-state index in [1.165, 1.54) is 29.1 Å². The van der Waals surface area contributed by atoms with Gasteiger partial charge in [0.2, 0.25) is 0 Å². The van der Waals surface area contributed by atoms with Gasteiger partial charge in [0.25, 0.3) is 0 Å². The molecule has 1 heterocycles. The van der Waals surface area contributed by atoms with E-state index in [0.29, 0.717) is 0 Å². The molecule has 0 bridgehead atoms. The molecule has 2 rings (SSSR count). The van der Waals surface area contributed by atoms with Crippen LogP contribution in [0.1, 0.15) is 22.6 Å². The molecule has 15 heavy (non-hydrogen) atoms. The van der Waals surface area contributed by atoms with Gasteiger partial charge in [0, 0.05) is 29.4 Å². The van der Waals surface area contributed by atoms with Crippen LogP contribution in [0.3, 0.4) is 0 Å². The maximum absolute atomic E-state index is 3.19. The molecule has 1 fully saturated rings. The van der Waals surface area contributed by atoms with Crippen LogP contribution >= 0.6 is 11.3 Å². The van der Waals surface area contributed by atoms with Crippen LogP contribution in [-0.2, 0) is 13.1 Å². The Morgan fingerprint density at radius 2 is 2.13 bits per heavy atom. The van der Waals surface area contributed by atoms with Gasteiger partial charge in [0.15, 0.2) is 0 Å². The standard InChI is InChI=1S/C12H20N2S/c1-13-7-11-5-6-12(15-11)9-14(2)8-10-3-4-10/h5-6,10,13H,3-4,7-9H2,1-2H3. The van der Waals surface area contributed by atoms with Crippen LogP contribution < -0.4 is 5.32 Å². The highest BCUT2D eigenvalue weighted by molar-refractivity contribution is 7.11. The summed E-state index contributed by atoms with van der Waals surface area (Å²) in [5.41, 5.74) is 0. The van der Waals surface area contributed by atoms with Gasteiger partial charge in [-0.25, -0.2) is 0 Å². The fourth-order valence-electron chi connectivity index (χ4n) is 1.85. The van der Waals surface area contributed by atoms with Crippen molar-refractivity contribution in [2.45, 2.75) is 25.9 Å². The molecule has 1 aromatic heterocycles. The zero-order valence-corrected chi connectivity index (χ0v) is 10.4. The molecule has 1 aromatic rings. The maximum atomic E-state index is 3.19. The summed E-state index contributed by atoms with van der Waals surface area (Å²) in [6.07, 6.45) is 2.89. The van der Waals surface area contributed by atoms with Crippen LogP contribution in [0, 0.1) is 5.92 Å². The van der Waals surface area contributed by atoms with Gasteiger partial charge < -0.3 is 10.2 Å². The second-order valence-electron chi connectivity index (χ2n) is 4.54. The van der Waals surface area contributed by atoms with Crippen LogP contribution in [-0.4, -0.2) is 25.5 Å². The molecule has 1 aliphatic rings. The second-order valence-corrected chi connectivity index (χ2v) is 5.79. The Labute approximate surface area is 96.3 Å². The lowest BCUT2D eigenvalue weighted by Gasteiger charge is -2.14. The number of hydrogen-bond acceptors (Lipinski definition) is 3. The molecular formula is C12H20N2S. The third kappa shape index (κ3) is 3.59. The van der Waals surface area contributed by atoms with E-state index in [-0.39, 0.29) is 0 Å². The first-order chi connectivity index (χ1) is 7.28. The number of hydrogen-bond donors (Lipinski definition) is 1. The number of thiophene rings is 1. The Bertz CT molecular complexity index is 304. The minimum Gasteiger partial charge on any atom is -0.315 e. The van der Waals surface area contributed by atoms with Crippen LogP contribution in [0.25, 0.3) is 0 Å². The smallest absolute Gasteiger partial charge is 0.0325 e. The lowest BCUT2D eigenvalue weighted by atomic mass is 10.3. The molecule has 0 spiro atoms. The molecule has 0 atom stereocenters. The lowest BCUT2D eigenvalue weighted by molar-refractivity contribution is 0.316. The lowest BCUT2D eigenvalue weighted by Crippen LogP contribution is -2.19. The van der Waals surface area contributed by atoms with E-state index in [1.54, 1.807) is 0 Å². The SMILES string of the molecule is CNCc1ccc(CN(C)CC2CC2)s1. The molecule has 1 saturated carbocycles. The quantitative estimate of drug-likeness (QED) is 0.797. The van der Waals surface area contributed by atoms with E-state index in [0.717, 1.165) is 19.0 Å². The summed E-state index contributed by atoms with van der Waals surface area (Å²) in [5, 5.41) is 3.19. The molecule has 0 unspecified atom stereocenters. The van der Waals surface area contributed by atoms with Crippen molar-refractivity contribution in [2.24, 2.45) is 5.92 Å². The predicted molar refractivity (Wildman–Crippen MR) is 66.1 cm³/mol. The molecule has 0 amide bonds. The highest BCUT2D eigenvalue weighted by Crippen LogP contribution is 2.30. The molecule has 0 saturated heterocycles. The highest BCUT2D eigenvalue weighted by Gasteiger charge is 2.22. The topological polar surface area (TPSA) is 15.3 Å². The van der Waals surface area contributed by atoms with Gasteiger partial charge in [-0.1, -0.05) is 0 Å². The van der Waals surface area contributed by atoms with Crippen molar-refractivity contribution in [2.75, 3.05) is 20.6 Å². The van der Waals surface area contributed by atoms with Crippen LogP contribution in [0.2, 0.25) is 0 Å². The van der Waals surface area contributed by atoms with Crippen LogP contribution in [0.5, 0.6) is 0 Å². The molecule has 2 nitrogen and oxygen atoms in total. The van der Waals surface area contributed by atoms with Crippen molar-refractivity contribution in [3.63, 3.8) is 0 Å². The van der Waals surface area contributed by atoms with E-state index < -0.39 is 0 Å². The largest absolute Gasteiger partial charge is 0.315 e. The normalized spacial score (nSPS) is 16.2. The van der Waals surface area contributed by atoms with E-state index >= 15 is 0 Å². The minimum atomic E-state index is 0.992. The second kappa shape index (κ2) is 5.10. The van der Waals surface area contributed by atoms with Crippen LogP contribution in [0.15, 0.2) is 12.1 Å². The van der Waals surface area contributed by atoms with Crippen molar-refractivity contribution >= 4 is 11.3 Å². The summed E-state index contributed by atoms with van der Waals surface area (Å²) in [6, 6.07) is 4.50. The molecule has 84 valence electrons. The average molecular weight is 224 g/mol. The van der Waals surface area contributed by atoms with E-state index in [4.69, 9.17) is 0 Å². The molecule has 1 N–H and O–H groups in total. The summed E-state index contributed by atoms with van der Waals surface area (Å²) < 4.78 is 0. The van der Waals surface area contributed by atoms with Gasteiger partial charge in [-0.3, -0.25) is 0 Å². The summed E-state index contributed by atoms with van der Waals surface area (Å²) in [5.74, 6) is 0.992. The third-order valence-corrected chi connectivity index (χ3v) is 3.83. The molecule has 3 heteroatoms. The Balaban J connectivity index is 1.80. The van der Waals surface area contributed by atoms with E-state index in [1.807, 2.05) is 18.4 Å². The Kier molecular flexibility index (Phi) is 3.78. The van der Waals surface area contributed by atoms with Crippen molar-refractivity contribution < 1.29 is 0 Å². The zero-order valence-electron chi connectivity index (χ0n) is 9.62. The fraction of sp³-hybridized carbons (Fsp3) is 0.667.